The van der Waals surface area contributed by atoms with Gasteiger partial charge in [-0.1, -0.05) is 17.7 Å². The topological polar surface area (TPSA) is 72.8 Å². The Hall–Kier alpha value is -3.41. The predicted octanol–water partition coefficient (Wildman–Crippen LogP) is 4.24. The number of carbonyl (C=O) groups is 1. The first-order valence-electron chi connectivity index (χ1n) is 9.27. The van der Waals surface area contributed by atoms with E-state index in [4.69, 9.17) is 9.47 Å². The Balaban J connectivity index is 1.86. The third kappa shape index (κ3) is 3.53. The molecule has 3 aromatic rings. The van der Waals surface area contributed by atoms with Gasteiger partial charge in [0.05, 0.1) is 24.4 Å². The number of aromatic nitrogens is 1. The van der Waals surface area contributed by atoms with Gasteiger partial charge < -0.3 is 14.8 Å². The number of anilines is 2. The number of hydrogen-bond donors (Lipinski definition) is 1. The van der Waals surface area contributed by atoms with Gasteiger partial charge in [-0.15, -0.1) is 0 Å². The van der Waals surface area contributed by atoms with Crippen LogP contribution in [0.2, 0.25) is 0 Å². The molecule has 4 rings (SSSR count). The molecule has 1 aliphatic rings. The Labute approximate surface area is 163 Å². The van der Waals surface area contributed by atoms with E-state index in [-0.39, 0.29) is 0 Å². The zero-order valence-corrected chi connectivity index (χ0v) is 15.9. The first-order chi connectivity index (χ1) is 13.7. The van der Waals surface area contributed by atoms with Crippen molar-refractivity contribution in [3.8, 4) is 0 Å². The highest BCUT2D eigenvalue weighted by atomic mass is 16.5. The summed E-state index contributed by atoms with van der Waals surface area (Å²) < 4.78 is 10.8. The van der Waals surface area contributed by atoms with Crippen molar-refractivity contribution in [2.45, 2.75) is 13.8 Å². The first-order valence-corrected chi connectivity index (χ1v) is 9.27. The molecule has 0 aliphatic carbocycles. The number of benzene rings is 2. The van der Waals surface area contributed by atoms with Crippen LogP contribution in [0.15, 0.2) is 53.7 Å². The molecule has 2 aromatic carbocycles. The summed E-state index contributed by atoms with van der Waals surface area (Å²) in [4.78, 5) is 21.4. The monoisotopic (exact) mass is 375 g/mol. The molecule has 0 spiro atoms. The molecule has 0 fully saturated rings. The summed E-state index contributed by atoms with van der Waals surface area (Å²) in [7, 11) is 0. The molecule has 0 saturated carbocycles. The minimum Gasteiger partial charge on any atom is -0.476 e. The molecule has 142 valence electrons. The zero-order chi connectivity index (χ0) is 19.5. The van der Waals surface area contributed by atoms with Crippen LogP contribution in [0, 0.1) is 6.92 Å². The molecule has 1 aliphatic heterocycles. The van der Waals surface area contributed by atoms with Crippen LogP contribution in [0.3, 0.4) is 0 Å². The molecule has 0 bridgehead atoms. The highest BCUT2D eigenvalue weighted by Crippen LogP contribution is 2.31. The summed E-state index contributed by atoms with van der Waals surface area (Å²) in [5.41, 5.74) is 4.72. The van der Waals surface area contributed by atoms with Crippen molar-refractivity contribution in [1.29, 1.82) is 0 Å². The number of aliphatic imine (C=N–C) groups is 1. The maximum Gasteiger partial charge on any atom is 0.341 e. The summed E-state index contributed by atoms with van der Waals surface area (Å²) in [6.45, 7) is 5.36. The number of aryl methyl sites for hydroxylation is 1. The Kier molecular flexibility index (Phi) is 4.93. The molecule has 1 aromatic heterocycles. The molecule has 0 radical (unpaired) electrons. The second-order valence-corrected chi connectivity index (χ2v) is 6.53. The van der Waals surface area contributed by atoms with Crippen molar-refractivity contribution in [2.24, 2.45) is 4.99 Å². The van der Waals surface area contributed by atoms with Crippen molar-refractivity contribution < 1.29 is 14.3 Å². The van der Waals surface area contributed by atoms with Crippen molar-refractivity contribution in [1.82, 2.24) is 4.98 Å². The summed E-state index contributed by atoms with van der Waals surface area (Å²) in [5.74, 6) is 0.205. The third-order valence-corrected chi connectivity index (χ3v) is 4.52. The maximum atomic E-state index is 12.5. The number of hydrogen-bond acceptors (Lipinski definition) is 6. The predicted molar refractivity (Wildman–Crippen MR) is 110 cm³/mol. The lowest BCUT2D eigenvalue weighted by Crippen LogP contribution is -2.10. The lowest BCUT2D eigenvalue weighted by atomic mass is 10.1. The number of rotatable bonds is 5. The zero-order valence-electron chi connectivity index (χ0n) is 15.9. The standard InChI is InChI=1S/C22H21N3O3/c1-3-27-22(26)18-13-24-19-9-6-15(21-23-10-11-28-21)12-17(19)20(18)25-16-7-4-14(2)5-8-16/h4-9,12-13H,3,10-11H2,1-2H3,(H,24,25). The van der Waals surface area contributed by atoms with Gasteiger partial charge in [0.1, 0.15) is 12.2 Å². The van der Waals surface area contributed by atoms with Gasteiger partial charge in [-0.25, -0.2) is 9.79 Å². The largest absolute Gasteiger partial charge is 0.476 e. The molecule has 6 heteroatoms. The van der Waals surface area contributed by atoms with Gasteiger partial charge in [-0.05, 0) is 44.2 Å². The van der Waals surface area contributed by atoms with E-state index in [1.54, 1.807) is 13.1 Å². The molecule has 0 atom stereocenters. The van der Waals surface area contributed by atoms with E-state index >= 15 is 0 Å². The minimum absolute atomic E-state index is 0.297. The number of carbonyl (C=O) groups excluding carboxylic acids is 1. The van der Waals surface area contributed by atoms with E-state index in [1.165, 1.54) is 0 Å². The van der Waals surface area contributed by atoms with E-state index in [9.17, 15) is 4.79 Å². The van der Waals surface area contributed by atoms with Crippen LogP contribution in [-0.2, 0) is 9.47 Å². The normalized spacial score (nSPS) is 13.1. The second kappa shape index (κ2) is 7.68. The highest BCUT2D eigenvalue weighted by Gasteiger charge is 2.19. The Morgan fingerprint density at radius 3 is 2.75 bits per heavy atom. The molecule has 0 saturated heterocycles. The fourth-order valence-electron chi connectivity index (χ4n) is 3.11. The average Bonchev–Trinajstić information content (AvgIpc) is 3.24. The quantitative estimate of drug-likeness (QED) is 0.675. The highest BCUT2D eigenvalue weighted by molar-refractivity contribution is 6.08. The van der Waals surface area contributed by atoms with Gasteiger partial charge in [0, 0.05) is 22.8 Å². The number of ether oxygens (including phenoxy) is 2. The molecular weight excluding hydrogens is 354 g/mol. The van der Waals surface area contributed by atoms with Gasteiger partial charge >= 0.3 is 5.97 Å². The van der Waals surface area contributed by atoms with Crippen LogP contribution >= 0.6 is 0 Å². The lowest BCUT2D eigenvalue weighted by Gasteiger charge is -2.15. The van der Waals surface area contributed by atoms with E-state index in [1.807, 2.05) is 49.4 Å². The molecule has 0 amide bonds. The molecular formula is C22H21N3O3. The summed E-state index contributed by atoms with van der Waals surface area (Å²) >= 11 is 0. The smallest absolute Gasteiger partial charge is 0.341 e. The lowest BCUT2D eigenvalue weighted by molar-refractivity contribution is 0.0527. The first kappa shape index (κ1) is 18.0. The van der Waals surface area contributed by atoms with E-state index in [0.717, 1.165) is 27.7 Å². The molecule has 28 heavy (non-hydrogen) atoms. The second-order valence-electron chi connectivity index (χ2n) is 6.53. The Bertz CT molecular complexity index is 1060. The van der Waals surface area contributed by atoms with E-state index in [0.29, 0.717) is 36.9 Å². The number of nitrogens with zero attached hydrogens (tertiary/aromatic N) is 2. The van der Waals surface area contributed by atoms with Crippen LogP contribution in [0.4, 0.5) is 11.4 Å². The summed E-state index contributed by atoms with van der Waals surface area (Å²) in [6, 6.07) is 13.8. The van der Waals surface area contributed by atoms with Crippen LogP contribution in [-0.4, -0.2) is 36.6 Å². The van der Waals surface area contributed by atoms with Crippen molar-refractivity contribution in [3.63, 3.8) is 0 Å². The van der Waals surface area contributed by atoms with Crippen LogP contribution < -0.4 is 5.32 Å². The SMILES string of the molecule is CCOC(=O)c1cnc2ccc(C3=NCCO3)cc2c1Nc1ccc(C)cc1. The van der Waals surface area contributed by atoms with Crippen LogP contribution in [0.25, 0.3) is 10.9 Å². The van der Waals surface area contributed by atoms with Crippen molar-refractivity contribution in [3.05, 3.63) is 65.4 Å². The van der Waals surface area contributed by atoms with Gasteiger partial charge in [-0.2, -0.15) is 0 Å². The van der Waals surface area contributed by atoms with Gasteiger partial charge in [0.2, 0.25) is 5.90 Å². The summed E-state index contributed by atoms with van der Waals surface area (Å²) in [5, 5.41) is 4.19. The number of fused-ring (bicyclic) bond motifs is 1. The fourth-order valence-corrected chi connectivity index (χ4v) is 3.11. The number of esters is 1. The molecule has 6 nitrogen and oxygen atoms in total. The van der Waals surface area contributed by atoms with E-state index < -0.39 is 5.97 Å². The average molecular weight is 375 g/mol. The third-order valence-electron chi connectivity index (χ3n) is 4.52. The maximum absolute atomic E-state index is 12.5. The van der Waals surface area contributed by atoms with Crippen LogP contribution in [0.1, 0.15) is 28.4 Å². The van der Waals surface area contributed by atoms with E-state index in [2.05, 4.69) is 15.3 Å². The molecule has 2 heterocycles. The minimum atomic E-state index is -0.411. The van der Waals surface area contributed by atoms with Gasteiger partial charge in [0.15, 0.2) is 0 Å². The molecule has 1 N–H and O–H groups in total. The Morgan fingerprint density at radius 2 is 2.04 bits per heavy atom. The van der Waals surface area contributed by atoms with Gasteiger partial charge in [0.25, 0.3) is 0 Å². The fraction of sp³-hybridized carbons (Fsp3) is 0.227. The number of pyridine rings is 1. The van der Waals surface area contributed by atoms with Gasteiger partial charge in [-0.3, -0.25) is 4.98 Å². The van der Waals surface area contributed by atoms with Crippen LogP contribution in [0.5, 0.6) is 0 Å². The molecule has 0 unspecified atom stereocenters. The summed E-state index contributed by atoms with van der Waals surface area (Å²) in [6.07, 6.45) is 1.56. The van der Waals surface area contributed by atoms with Crippen molar-refractivity contribution >= 4 is 34.1 Å². The van der Waals surface area contributed by atoms with Crippen molar-refractivity contribution in [2.75, 3.05) is 25.1 Å². The Morgan fingerprint density at radius 1 is 1.21 bits per heavy atom. The number of nitrogens with one attached hydrogen (secondary N) is 1.